The average Bonchev–Trinajstić information content (AvgIpc) is 2.70. The summed E-state index contributed by atoms with van der Waals surface area (Å²) in [6, 6.07) is 14.5. The maximum atomic E-state index is 13.1. The molecule has 3 atom stereocenters. The average molecular weight is 376 g/mol. The Balaban J connectivity index is 1.69. The second-order valence-corrected chi connectivity index (χ2v) is 8.08. The van der Waals surface area contributed by atoms with E-state index in [1.165, 1.54) is 0 Å². The number of aromatic nitrogens is 1. The van der Waals surface area contributed by atoms with Gasteiger partial charge in [0.1, 0.15) is 0 Å². The summed E-state index contributed by atoms with van der Waals surface area (Å²) in [4.78, 5) is 29.8. The molecule has 6 nitrogen and oxygen atoms in total. The van der Waals surface area contributed by atoms with Gasteiger partial charge in [0.2, 0.25) is 0 Å². The number of carbonyl (C=O) groups is 1. The summed E-state index contributed by atoms with van der Waals surface area (Å²) >= 11 is 0. The van der Waals surface area contributed by atoms with E-state index < -0.39 is 0 Å². The van der Waals surface area contributed by atoms with Gasteiger partial charge in [0.15, 0.2) is 0 Å². The molecule has 1 aromatic heterocycles. The third-order valence-electron chi connectivity index (χ3n) is 5.88. The molecule has 3 heterocycles. The molecule has 0 saturated carbocycles. The number of carbonyl (C=O) groups excluding carboxylic acids is 1. The summed E-state index contributed by atoms with van der Waals surface area (Å²) in [5.74, 6) is 0.355. The van der Waals surface area contributed by atoms with Crippen molar-refractivity contribution >= 4 is 5.91 Å². The summed E-state index contributed by atoms with van der Waals surface area (Å²) < 4.78 is 1.96. The molecule has 2 aromatic rings. The molecule has 0 spiro atoms. The van der Waals surface area contributed by atoms with Gasteiger partial charge in [-0.2, -0.15) is 5.26 Å². The first kappa shape index (κ1) is 18.5. The fourth-order valence-corrected chi connectivity index (χ4v) is 4.72. The van der Waals surface area contributed by atoms with Gasteiger partial charge in [-0.1, -0.05) is 12.1 Å². The Kier molecular flexibility index (Phi) is 4.78. The van der Waals surface area contributed by atoms with Crippen LogP contribution in [0.4, 0.5) is 0 Å². The third kappa shape index (κ3) is 3.23. The van der Waals surface area contributed by atoms with Crippen LogP contribution in [0.15, 0.2) is 47.3 Å². The summed E-state index contributed by atoms with van der Waals surface area (Å²) in [5, 5.41) is 9.13. The molecule has 2 aliphatic heterocycles. The fraction of sp³-hybridized carbons (Fsp3) is 0.409. The maximum absolute atomic E-state index is 13.1. The quantitative estimate of drug-likeness (QED) is 0.822. The predicted octanol–water partition coefficient (Wildman–Crippen LogP) is 2.08. The number of hydrogen-bond acceptors (Lipinski definition) is 4. The molecule has 2 bridgehead atoms. The molecule has 1 fully saturated rings. The third-order valence-corrected chi connectivity index (χ3v) is 5.88. The van der Waals surface area contributed by atoms with Crippen molar-refractivity contribution in [3.05, 3.63) is 69.6 Å². The number of pyridine rings is 1. The van der Waals surface area contributed by atoms with Gasteiger partial charge in [-0.15, -0.1) is 0 Å². The standard InChI is InChI=1S/C22H24N4O2/c1-24(2)14-20-18-10-17(19-7-4-8-21(27)26(19)20)12-25(13-18)22(28)16-6-3-5-15(9-16)11-23/h3-9,17-18,20H,10,12-14H2,1-2H3/t17-,18+,20+/m1/s1. The lowest BCUT2D eigenvalue weighted by Gasteiger charge is -2.47. The fourth-order valence-electron chi connectivity index (χ4n) is 4.72. The highest BCUT2D eigenvalue weighted by Gasteiger charge is 2.41. The van der Waals surface area contributed by atoms with E-state index in [2.05, 4.69) is 11.0 Å². The molecule has 144 valence electrons. The van der Waals surface area contributed by atoms with E-state index in [0.29, 0.717) is 24.2 Å². The highest BCUT2D eigenvalue weighted by Crippen LogP contribution is 2.41. The molecule has 0 radical (unpaired) electrons. The monoisotopic (exact) mass is 376 g/mol. The Morgan fingerprint density at radius 3 is 2.75 bits per heavy atom. The van der Waals surface area contributed by atoms with Gasteiger partial charge in [-0.05, 0) is 50.7 Å². The summed E-state index contributed by atoms with van der Waals surface area (Å²) in [6.07, 6.45) is 0.990. The Labute approximate surface area is 164 Å². The zero-order chi connectivity index (χ0) is 19.8. The van der Waals surface area contributed by atoms with Gasteiger partial charge in [0, 0.05) is 42.9 Å². The number of rotatable bonds is 3. The van der Waals surface area contributed by atoms with E-state index in [1.807, 2.05) is 35.7 Å². The molecule has 0 unspecified atom stereocenters. The number of likely N-dealkylation sites (tertiary alicyclic amines) is 1. The van der Waals surface area contributed by atoms with E-state index in [0.717, 1.165) is 18.7 Å². The Hall–Kier alpha value is -2.91. The SMILES string of the molecule is CN(C)C[C@H]1[C@H]2C[C@H](CN(C(=O)c3cccc(C#N)c3)C2)c2cccc(=O)n21. The molecule has 2 aliphatic rings. The number of fused-ring (bicyclic) bond motifs is 4. The highest BCUT2D eigenvalue weighted by molar-refractivity contribution is 5.94. The number of hydrogen-bond donors (Lipinski definition) is 0. The molecule has 28 heavy (non-hydrogen) atoms. The number of piperidine rings is 1. The van der Waals surface area contributed by atoms with Crippen molar-refractivity contribution in [1.82, 2.24) is 14.4 Å². The van der Waals surface area contributed by atoms with Gasteiger partial charge in [-0.3, -0.25) is 9.59 Å². The maximum Gasteiger partial charge on any atom is 0.253 e. The van der Waals surface area contributed by atoms with Crippen LogP contribution in [0.25, 0.3) is 0 Å². The van der Waals surface area contributed by atoms with Crippen LogP contribution < -0.4 is 5.56 Å². The summed E-state index contributed by atoms with van der Waals surface area (Å²) in [6.45, 7) is 2.00. The lowest BCUT2D eigenvalue weighted by molar-refractivity contribution is 0.0498. The first-order chi connectivity index (χ1) is 13.5. The molecular weight excluding hydrogens is 352 g/mol. The van der Waals surface area contributed by atoms with Crippen molar-refractivity contribution in [1.29, 1.82) is 5.26 Å². The van der Waals surface area contributed by atoms with Crippen molar-refractivity contribution < 1.29 is 4.79 Å². The number of benzene rings is 1. The minimum Gasteiger partial charge on any atom is -0.338 e. The molecule has 1 saturated heterocycles. The molecular formula is C22H24N4O2. The second-order valence-electron chi connectivity index (χ2n) is 8.08. The molecule has 6 heteroatoms. The van der Waals surface area contributed by atoms with Gasteiger partial charge in [0.25, 0.3) is 11.5 Å². The van der Waals surface area contributed by atoms with Crippen LogP contribution in [0.3, 0.4) is 0 Å². The van der Waals surface area contributed by atoms with Gasteiger partial charge >= 0.3 is 0 Å². The van der Waals surface area contributed by atoms with Crippen LogP contribution in [-0.4, -0.2) is 54.0 Å². The van der Waals surface area contributed by atoms with Crippen LogP contribution in [-0.2, 0) is 0 Å². The largest absolute Gasteiger partial charge is 0.338 e. The zero-order valence-corrected chi connectivity index (χ0v) is 16.2. The second kappa shape index (κ2) is 7.25. The van der Waals surface area contributed by atoms with E-state index in [-0.39, 0.29) is 29.3 Å². The van der Waals surface area contributed by atoms with E-state index in [1.54, 1.807) is 30.3 Å². The van der Waals surface area contributed by atoms with E-state index in [9.17, 15) is 9.59 Å². The lowest BCUT2D eigenvalue weighted by atomic mass is 9.78. The summed E-state index contributed by atoms with van der Waals surface area (Å²) in [5.41, 5.74) is 2.11. The number of nitriles is 1. The predicted molar refractivity (Wildman–Crippen MR) is 106 cm³/mol. The normalized spacial score (nSPS) is 23.2. The topological polar surface area (TPSA) is 69.3 Å². The van der Waals surface area contributed by atoms with Crippen LogP contribution in [0.2, 0.25) is 0 Å². The van der Waals surface area contributed by atoms with Gasteiger partial charge < -0.3 is 14.4 Å². The first-order valence-electron chi connectivity index (χ1n) is 9.63. The zero-order valence-electron chi connectivity index (χ0n) is 16.2. The van der Waals surface area contributed by atoms with Crippen LogP contribution >= 0.6 is 0 Å². The van der Waals surface area contributed by atoms with Crippen LogP contribution in [0.1, 0.15) is 40.0 Å². The van der Waals surface area contributed by atoms with E-state index in [4.69, 9.17) is 5.26 Å². The van der Waals surface area contributed by atoms with Crippen molar-refractivity contribution in [3.63, 3.8) is 0 Å². The van der Waals surface area contributed by atoms with Crippen molar-refractivity contribution in [2.24, 2.45) is 5.92 Å². The minimum absolute atomic E-state index is 0.0397. The van der Waals surface area contributed by atoms with Crippen LogP contribution in [0.5, 0.6) is 0 Å². The van der Waals surface area contributed by atoms with E-state index >= 15 is 0 Å². The Morgan fingerprint density at radius 2 is 2.00 bits per heavy atom. The Morgan fingerprint density at radius 1 is 1.21 bits per heavy atom. The molecule has 0 N–H and O–H groups in total. The van der Waals surface area contributed by atoms with Crippen molar-refractivity contribution in [2.75, 3.05) is 33.7 Å². The van der Waals surface area contributed by atoms with Gasteiger partial charge in [0.05, 0.1) is 17.7 Å². The lowest BCUT2D eigenvalue weighted by Crippen LogP contribution is -2.52. The van der Waals surface area contributed by atoms with Crippen molar-refractivity contribution in [2.45, 2.75) is 18.4 Å². The number of amides is 1. The first-order valence-corrected chi connectivity index (χ1v) is 9.63. The molecule has 1 aromatic carbocycles. The smallest absolute Gasteiger partial charge is 0.253 e. The highest BCUT2D eigenvalue weighted by atomic mass is 16.2. The molecule has 0 aliphatic carbocycles. The van der Waals surface area contributed by atoms with Gasteiger partial charge in [-0.25, -0.2) is 0 Å². The number of nitrogens with zero attached hydrogens (tertiary/aromatic N) is 4. The molecule has 1 amide bonds. The Bertz CT molecular complexity index is 1000. The number of likely N-dealkylation sites (N-methyl/N-ethyl adjacent to an activating group) is 1. The minimum atomic E-state index is -0.0397. The van der Waals surface area contributed by atoms with Crippen molar-refractivity contribution in [3.8, 4) is 6.07 Å². The molecule has 4 rings (SSSR count). The summed E-state index contributed by atoms with van der Waals surface area (Å²) in [7, 11) is 4.03. The van der Waals surface area contributed by atoms with Crippen LogP contribution in [0, 0.1) is 17.2 Å².